The topological polar surface area (TPSA) is 30.5 Å². The van der Waals surface area contributed by atoms with E-state index in [2.05, 4.69) is 23.9 Å². The zero-order valence-corrected chi connectivity index (χ0v) is 11.9. The van der Waals surface area contributed by atoms with Crippen LogP contribution in [-0.2, 0) is 4.74 Å². The molecule has 20 heavy (non-hydrogen) atoms. The van der Waals surface area contributed by atoms with Crippen LogP contribution in [0.5, 0.6) is 5.75 Å². The number of hydrogen-bond donors (Lipinski definition) is 1. The average molecular weight is 285 g/mol. The summed E-state index contributed by atoms with van der Waals surface area (Å²) in [6.07, 6.45) is 1.89. The number of alkyl halides is 2. The standard InChI is InChI=1S/C15H21F2NO2/c1-3-15(4-2)10-19-13(9-18-15)11-6-5-7-12(8-11)20-14(16)17/h5-8,13-14,18H,3-4,9-10H2,1-2H3. The fourth-order valence-corrected chi connectivity index (χ4v) is 2.49. The Morgan fingerprint density at radius 3 is 2.70 bits per heavy atom. The zero-order valence-electron chi connectivity index (χ0n) is 11.9. The Labute approximate surface area is 118 Å². The van der Waals surface area contributed by atoms with Crippen molar-refractivity contribution in [2.75, 3.05) is 13.2 Å². The number of rotatable bonds is 5. The van der Waals surface area contributed by atoms with E-state index in [0.717, 1.165) is 18.4 Å². The molecule has 1 saturated heterocycles. The van der Waals surface area contributed by atoms with Crippen LogP contribution in [0.3, 0.4) is 0 Å². The van der Waals surface area contributed by atoms with E-state index >= 15 is 0 Å². The second-order valence-electron chi connectivity index (χ2n) is 5.12. The molecule has 1 atom stereocenters. The maximum atomic E-state index is 12.2. The number of nitrogens with one attached hydrogen (secondary N) is 1. The summed E-state index contributed by atoms with van der Waals surface area (Å²) in [6.45, 7) is 2.78. The highest BCUT2D eigenvalue weighted by Crippen LogP contribution is 2.29. The van der Waals surface area contributed by atoms with Crippen LogP contribution < -0.4 is 10.1 Å². The van der Waals surface area contributed by atoms with Gasteiger partial charge in [-0.05, 0) is 30.5 Å². The van der Waals surface area contributed by atoms with Gasteiger partial charge >= 0.3 is 6.61 Å². The monoisotopic (exact) mass is 285 g/mol. The summed E-state index contributed by atoms with van der Waals surface area (Å²) < 4.78 is 34.8. The quantitative estimate of drug-likeness (QED) is 0.898. The molecule has 1 aromatic carbocycles. The minimum absolute atomic E-state index is 0.0353. The smallest absolute Gasteiger partial charge is 0.387 e. The van der Waals surface area contributed by atoms with Gasteiger partial charge in [-0.15, -0.1) is 0 Å². The van der Waals surface area contributed by atoms with E-state index in [9.17, 15) is 8.78 Å². The van der Waals surface area contributed by atoms with Gasteiger partial charge in [-0.25, -0.2) is 0 Å². The highest BCUT2D eigenvalue weighted by Gasteiger charge is 2.33. The largest absolute Gasteiger partial charge is 0.435 e. The van der Waals surface area contributed by atoms with Crippen LogP contribution in [0.15, 0.2) is 24.3 Å². The molecule has 1 unspecified atom stereocenters. The molecule has 1 aliphatic rings. The number of ether oxygens (including phenoxy) is 2. The lowest BCUT2D eigenvalue weighted by Gasteiger charge is -2.40. The first-order valence-electron chi connectivity index (χ1n) is 7.00. The lowest BCUT2D eigenvalue weighted by Crippen LogP contribution is -2.54. The molecule has 3 nitrogen and oxygen atoms in total. The van der Waals surface area contributed by atoms with Crippen molar-refractivity contribution in [3.05, 3.63) is 29.8 Å². The van der Waals surface area contributed by atoms with Gasteiger partial charge in [-0.1, -0.05) is 26.0 Å². The highest BCUT2D eigenvalue weighted by molar-refractivity contribution is 5.30. The predicted molar refractivity (Wildman–Crippen MR) is 73.1 cm³/mol. The molecule has 0 saturated carbocycles. The van der Waals surface area contributed by atoms with E-state index in [1.54, 1.807) is 12.1 Å². The Morgan fingerprint density at radius 1 is 1.40 bits per heavy atom. The van der Waals surface area contributed by atoms with Crippen molar-refractivity contribution in [2.24, 2.45) is 0 Å². The van der Waals surface area contributed by atoms with Crippen molar-refractivity contribution < 1.29 is 18.3 Å². The first kappa shape index (κ1) is 15.2. The fourth-order valence-electron chi connectivity index (χ4n) is 2.49. The summed E-state index contributed by atoms with van der Waals surface area (Å²) in [6, 6.07) is 6.71. The van der Waals surface area contributed by atoms with Gasteiger partial charge < -0.3 is 14.8 Å². The summed E-state index contributed by atoms with van der Waals surface area (Å²) in [5.41, 5.74) is 0.893. The second kappa shape index (κ2) is 6.50. The second-order valence-corrected chi connectivity index (χ2v) is 5.12. The maximum absolute atomic E-state index is 12.2. The molecular weight excluding hydrogens is 264 g/mol. The summed E-state index contributed by atoms with van der Waals surface area (Å²) >= 11 is 0. The number of halogens is 2. The molecule has 0 aliphatic carbocycles. The summed E-state index contributed by atoms with van der Waals surface area (Å²) in [4.78, 5) is 0. The van der Waals surface area contributed by atoms with Gasteiger partial charge in [0, 0.05) is 12.1 Å². The number of hydrogen-bond acceptors (Lipinski definition) is 3. The van der Waals surface area contributed by atoms with Crippen molar-refractivity contribution in [3.8, 4) is 5.75 Å². The Balaban J connectivity index is 2.03. The highest BCUT2D eigenvalue weighted by atomic mass is 19.3. The summed E-state index contributed by atoms with van der Waals surface area (Å²) in [7, 11) is 0. The Kier molecular flexibility index (Phi) is 4.94. The van der Waals surface area contributed by atoms with Crippen LogP contribution in [0, 0.1) is 0 Å². The Hall–Kier alpha value is -1.20. The molecule has 5 heteroatoms. The zero-order chi connectivity index (χ0) is 14.6. The average Bonchev–Trinajstić information content (AvgIpc) is 2.47. The van der Waals surface area contributed by atoms with E-state index in [-0.39, 0.29) is 17.4 Å². The minimum atomic E-state index is -2.80. The van der Waals surface area contributed by atoms with Crippen molar-refractivity contribution in [1.82, 2.24) is 5.32 Å². The number of benzene rings is 1. The van der Waals surface area contributed by atoms with Crippen LogP contribution in [0.4, 0.5) is 8.78 Å². The summed E-state index contributed by atoms with van der Waals surface area (Å²) in [5.74, 6) is 0.170. The van der Waals surface area contributed by atoms with Crippen LogP contribution in [0.25, 0.3) is 0 Å². The molecule has 2 rings (SSSR count). The molecule has 0 aromatic heterocycles. The first-order valence-corrected chi connectivity index (χ1v) is 7.00. The van der Waals surface area contributed by atoms with E-state index in [1.807, 2.05) is 6.07 Å². The SMILES string of the molecule is CCC1(CC)COC(c2cccc(OC(F)F)c2)CN1. The lowest BCUT2D eigenvalue weighted by molar-refractivity contribution is -0.0510. The Bertz CT molecular complexity index is 426. The van der Waals surface area contributed by atoms with Crippen molar-refractivity contribution in [1.29, 1.82) is 0 Å². The van der Waals surface area contributed by atoms with Gasteiger partial charge in [0.1, 0.15) is 5.75 Å². The third-order valence-corrected chi connectivity index (χ3v) is 4.03. The van der Waals surface area contributed by atoms with Gasteiger partial charge in [0.05, 0.1) is 12.7 Å². The van der Waals surface area contributed by atoms with E-state index < -0.39 is 6.61 Å². The van der Waals surface area contributed by atoms with Crippen LogP contribution in [-0.4, -0.2) is 25.3 Å². The van der Waals surface area contributed by atoms with E-state index in [0.29, 0.717) is 13.2 Å². The van der Waals surface area contributed by atoms with Gasteiger partial charge in [-0.2, -0.15) is 8.78 Å². The van der Waals surface area contributed by atoms with Gasteiger partial charge in [0.15, 0.2) is 0 Å². The predicted octanol–water partition coefficient (Wildman–Crippen LogP) is 3.51. The van der Waals surface area contributed by atoms with Gasteiger partial charge in [0.2, 0.25) is 0 Å². The maximum Gasteiger partial charge on any atom is 0.387 e. The van der Waals surface area contributed by atoms with Crippen LogP contribution >= 0.6 is 0 Å². The normalized spacial score (nSPS) is 21.9. The van der Waals surface area contributed by atoms with Crippen molar-refractivity contribution in [3.63, 3.8) is 0 Å². The van der Waals surface area contributed by atoms with Crippen molar-refractivity contribution in [2.45, 2.75) is 44.9 Å². The molecule has 0 amide bonds. The first-order chi connectivity index (χ1) is 9.58. The molecule has 1 fully saturated rings. The number of morpholine rings is 1. The lowest BCUT2D eigenvalue weighted by atomic mass is 9.91. The van der Waals surface area contributed by atoms with Crippen LogP contribution in [0.1, 0.15) is 38.4 Å². The van der Waals surface area contributed by atoms with Crippen molar-refractivity contribution >= 4 is 0 Å². The molecular formula is C15H21F2NO2. The molecule has 112 valence electrons. The molecule has 0 radical (unpaired) electrons. The Morgan fingerprint density at radius 2 is 2.15 bits per heavy atom. The molecule has 1 heterocycles. The van der Waals surface area contributed by atoms with Gasteiger partial charge in [0.25, 0.3) is 0 Å². The minimum Gasteiger partial charge on any atom is -0.435 e. The van der Waals surface area contributed by atoms with E-state index in [1.165, 1.54) is 6.07 Å². The molecule has 0 spiro atoms. The van der Waals surface area contributed by atoms with E-state index in [4.69, 9.17) is 4.74 Å². The van der Waals surface area contributed by atoms with Crippen LogP contribution in [0.2, 0.25) is 0 Å². The third-order valence-electron chi connectivity index (χ3n) is 4.03. The molecule has 0 bridgehead atoms. The molecule has 1 N–H and O–H groups in total. The third kappa shape index (κ3) is 3.46. The van der Waals surface area contributed by atoms with Gasteiger partial charge in [-0.3, -0.25) is 0 Å². The molecule has 1 aromatic rings. The summed E-state index contributed by atoms with van der Waals surface area (Å²) in [5, 5.41) is 3.53. The molecule has 1 aliphatic heterocycles. The fraction of sp³-hybridized carbons (Fsp3) is 0.600.